The first-order chi connectivity index (χ1) is 15.1. The van der Waals surface area contributed by atoms with E-state index in [1.807, 2.05) is 30.0 Å². The van der Waals surface area contributed by atoms with Crippen molar-refractivity contribution in [2.24, 2.45) is 5.41 Å². The summed E-state index contributed by atoms with van der Waals surface area (Å²) in [7, 11) is 0. The zero-order valence-corrected chi connectivity index (χ0v) is 18.3. The van der Waals surface area contributed by atoms with Crippen LogP contribution in [-0.4, -0.2) is 49.1 Å². The summed E-state index contributed by atoms with van der Waals surface area (Å²) in [6.07, 6.45) is 3.49. The van der Waals surface area contributed by atoms with Crippen LogP contribution in [0.4, 0.5) is 0 Å². The fourth-order valence-corrected chi connectivity index (χ4v) is 4.85. The summed E-state index contributed by atoms with van der Waals surface area (Å²) in [5.74, 6) is 0.192. The van der Waals surface area contributed by atoms with Crippen LogP contribution in [0, 0.1) is 5.41 Å². The van der Waals surface area contributed by atoms with Gasteiger partial charge in [-0.3, -0.25) is 9.59 Å². The molecule has 2 aliphatic heterocycles. The lowest BCUT2D eigenvalue weighted by molar-refractivity contribution is -0.146. The molecule has 2 heterocycles. The minimum atomic E-state index is -0.487. The molecule has 4 rings (SSSR count). The molecule has 2 aromatic rings. The molecule has 2 saturated heterocycles. The van der Waals surface area contributed by atoms with Crippen LogP contribution in [-0.2, 0) is 20.7 Å². The first kappa shape index (κ1) is 21.6. The summed E-state index contributed by atoms with van der Waals surface area (Å²) in [6, 6.07) is 18.8. The number of hydrogen-bond donors (Lipinski definition) is 1. The number of hydrogen-bond acceptors (Lipinski definition) is 3. The van der Waals surface area contributed by atoms with Crippen LogP contribution in [0.1, 0.15) is 38.2 Å². The summed E-state index contributed by atoms with van der Waals surface area (Å²) in [5.41, 5.74) is 3.01. The minimum absolute atomic E-state index is 0.0908. The Morgan fingerprint density at radius 3 is 2.48 bits per heavy atom. The van der Waals surface area contributed by atoms with Crippen LogP contribution >= 0.6 is 0 Å². The number of carbonyl (C=O) groups excluding carboxylic acids is 2. The molecule has 31 heavy (non-hydrogen) atoms. The molecule has 0 radical (unpaired) electrons. The van der Waals surface area contributed by atoms with Gasteiger partial charge in [-0.05, 0) is 55.7 Å². The average molecular weight is 421 g/mol. The third-order valence-corrected chi connectivity index (χ3v) is 6.63. The molecule has 0 aliphatic carbocycles. The van der Waals surface area contributed by atoms with E-state index in [-0.39, 0.29) is 17.9 Å². The first-order valence-electron chi connectivity index (χ1n) is 11.4. The zero-order chi connectivity index (χ0) is 21.7. The fraction of sp³-hybridized carbons (Fsp3) is 0.462. The van der Waals surface area contributed by atoms with Crippen molar-refractivity contribution in [1.82, 2.24) is 10.2 Å². The summed E-state index contributed by atoms with van der Waals surface area (Å²) in [5, 5.41) is 3.05. The number of likely N-dealkylation sites (tertiary alicyclic amines) is 1. The number of benzene rings is 2. The topological polar surface area (TPSA) is 58.6 Å². The Morgan fingerprint density at radius 2 is 1.81 bits per heavy atom. The SMILES string of the molecule is CCNC(=O)C1(Cc2cccc(-c3ccccc3)c2)CCN(C(=O)C2CCCO2)CC1. The molecule has 2 aromatic carbocycles. The third-order valence-electron chi connectivity index (χ3n) is 6.63. The maximum atomic E-state index is 13.2. The van der Waals surface area contributed by atoms with E-state index in [9.17, 15) is 9.59 Å². The van der Waals surface area contributed by atoms with E-state index in [1.165, 1.54) is 5.56 Å². The standard InChI is InChI=1S/C26H32N2O3/c1-2-27-25(30)26(13-15-28(16-14-26)24(29)23-12-7-17-31-23)19-20-8-6-11-22(18-20)21-9-4-3-5-10-21/h3-6,8-11,18,23H,2,7,12-17,19H2,1H3,(H,27,30). The second kappa shape index (κ2) is 9.65. The van der Waals surface area contributed by atoms with Gasteiger partial charge >= 0.3 is 0 Å². The average Bonchev–Trinajstić information content (AvgIpc) is 3.35. The van der Waals surface area contributed by atoms with Crippen LogP contribution in [0.2, 0.25) is 0 Å². The predicted octanol–water partition coefficient (Wildman–Crippen LogP) is 3.82. The molecule has 164 valence electrons. The molecule has 0 bridgehead atoms. The Balaban J connectivity index is 1.51. The molecular formula is C26H32N2O3. The highest BCUT2D eigenvalue weighted by atomic mass is 16.5. The molecule has 0 saturated carbocycles. The monoisotopic (exact) mass is 420 g/mol. The van der Waals surface area contributed by atoms with Crippen molar-refractivity contribution < 1.29 is 14.3 Å². The highest BCUT2D eigenvalue weighted by Crippen LogP contribution is 2.37. The summed E-state index contributed by atoms with van der Waals surface area (Å²) in [4.78, 5) is 27.8. The molecule has 2 amide bonds. The zero-order valence-electron chi connectivity index (χ0n) is 18.3. The van der Waals surface area contributed by atoms with Crippen LogP contribution in [0.15, 0.2) is 54.6 Å². The van der Waals surface area contributed by atoms with Gasteiger partial charge in [-0.1, -0.05) is 54.6 Å². The third kappa shape index (κ3) is 4.82. The van der Waals surface area contributed by atoms with Crippen molar-refractivity contribution in [3.8, 4) is 11.1 Å². The van der Waals surface area contributed by atoms with E-state index >= 15 is 0 Å². The summed E-state index contributed by atoms with van der Waals surface area (Å²) in [6.45, 7) is 4.45. The number of nitrogens with one attached hydrogen (secondary N) is 1. The minimum Gasteiger partial charge on any atom is -0.368 e. The molecule has 0 spiro atoms. The van der Waals surface area contributed by atoms with Crippen molar-refractivity contribution in [3.63, 3.8) is 0 Å². The predicted molar refractivity (Wildman–Crippen MR) is 121 cm³/mol. The first-order valence-corrected chi connectivity index (χ1v) is 11.4. The van der Waals surface area contributed by atoms with Crippen LogP contribution in [0.5, 0.6) is 0 Å². The molecule has 2 fully saturated rings. The van der Waals surface area contributed by atoms with Gasteiger partial charge in [0.25, 0.3) is 5.91 Å². The van der Waals surface area contributed by atoms with Gasteiger partial charge < -0.3 is 15.0 Å². The maximum Gasteiger partial charge on any atom is 0.251 e. The Kier molecular flexibility index (Phi) is 6.71. The number of carbonyl (C=O) groups is 2. The Bertz CT molecular complexity index is 898. The molecule has 1 atom stereocenters. The van der Waals surface area contributed by atoms with E-state index in [1.54, 1.807) is 0 Å². The highest BCUT2D eigenvalue weighted by molar-refractivity contribution is 5.85. The number of amides is 2. The molecule has 5 heteroatoms. The van der Waals surface area contributed by atoms with Gasteiger partial charge in [0.15, 0.2) is 0 Å². The van der Waals surface area contributed by atoms with Crippen LogP contribution in [0.25, 0.3) is 11.1 Å². The largest absolute Gasteiger partial charge is 0.368 e. The van der Waals surface area contributed by atoms with Crippen molar-refractivity contribution in [2.75, 3.05) is 26.2 Å². The molecule has 5 nitrogen and oxygen atoms in total. The Hall–Kier alpha value is -2.66. The van der Waals surface area contributed by atoms with Gasteiger partial charge in [0.1, 0.15) is 6.10 Å². The van der Waals surface area contributed by atoms with Crippen LogP contribution in [0.3, 0.4) is 0 Å². The molecule has 1 N–H and O–H groups in total. The van der Waals surface area contributed by atoms with Crippen LogP contribution < -0.4 is 5.32 Å². The lowest BCUT2D eigenvalue weighted by atomic mass is 9.72. The quantitative estimate of drug-likeness (QED) is 0.773. The Morgan fingerprint density at radius 1 is 1.06 bits per heavy atom. The van der Waals surface area contributed by atoms with E-state index < -0.39 is 5.41 Å². The molecular weight excluding hydrogens is 388 g/mol. The Labute approximate surface area is 184 Å². The van der Waals surface area contributed by atoms with E-state index in [2.05, 4.69) is 41.7 Å². The molecule has 0 aromatic heterocycles. The number of nitrogens with zero attached hydrogens (tertiary/aromatic N) is 1. The van der Waals surface area contributed by atoms with E-state index in [0.29, 0.717) is 45.5 Å². The van der Waals surface area contributed by atoms with Gasteiger partial charge in [0, 0.05) is 26.2 Å². The van der Waals surface area contributed by atoms with Gasteiger partial charge in [-0.15, -0.1) is 0 Å². The van der Waals surface area contributed by atoms with Gasteiger partial charge in [0.2, 0.25) is 5.91 Å². The number of piperidine rings is 1. The fourth-order valence-electron chi connectivity index (χ4n) is 4.85. The van der Waals surface area contributed by atoms with Gasteiger partial charge in [0.05, 0.1) is 5.41 Å². The lowest BCUT2D eigenvalue weighted by Crippen LogP contribution is -2.52. The number of ether oxygens (including phenoxy) is 1. The second-order valence-electron chi connectivity index (χ2n) is 8.71. The van der Waals surface area contributed by atoms with E-state index in [4.69, 9.17) is 4.74 Å². The molecule has 1 unspecified atom stereocenters. The normalized spacial score (nSPS) is 20.4. The van der Waals surface area contributed by atoms with Gasteiger partial charge in [-0.25, -0.2) is 0 Å². The van der Waals surface area contributed by atoms with Crippen molar-refractivity contribution in [1.29, 1.82) is 0 Å². The molecule has 2 aliphatic rings. The van der Waals surface area contributed by atoms with Gasteiger partial charge in [-0.2, -0.15) is 0 Å². The van der Waals surface area contributed by atoms with E-state index in [0.717, 1.165) is 24.0 Å². The summed E-state index contributed by atoms with van der Waals surface area (Å²) >= 11 is 0. The maximum absolute atomic E-state index is 13.2. The highest BCUT2D eigenvalue weighted by Gasteiger charge is 2.43. The second-order valence-corrected chi connectivity index (χ2v) is 8.71. The van der Waals surface area contributed by atoms with Crippen molar-refractivity contribution in [2.45, 2.75) is 45.1 Å². The number of rotatable bonds is 6. The lowest BCUT2D eigenvalue weighted by Gasteiger charge is -2.41. The smallest absolute Gasteiger partial charge is 0.251 e. The van der Waals surface area contributed by atoms with Crippen molar-refractivity contribution in [3.05, 3.63) is 60.2 Å². The summed E-state index contributed by atoms with van der Waals surface area (Å²) < 4.78 is 5.59. The van der Waals surface area contributed by atoms with Crippen molar-refractivity contribution >= 4 is 11.8 Å².